The second kappa shape index (κ2) is 7.84. The van der Waals surface area contributed by atoms with Crippen LogP contribution in [0.4, 0.5) is 23.7 Å². The molecular weight excluding hydrogens is 385 g/mol. The van der Waals surface area contributed by atoms with Gasteiger partial charge in [0.25, 0.3) is 0 Å². The number of benzene rings is 1. The summed E-state index contributed by atoms with van der Waals surface area (Å²) in [5, 5.41) is 15.0. The van der Waals surface area contributed by atoms with Crippen molar-refractivity contribution in [3.8, 4) is 11.4 Å². The third-order valence-electron chi connectivity index (χ3n) is 3.99. The molecule has 1 aromatic carbocycles. The van der Waals surface area contributed by atoms with E-state index in [-0.39, 0.29) is 37.6 Å². The molecule has 0 spiro atoms. The Morgan fingerprint density at radius 3 is 2.61 bits per heavy atom. The fraction of sp³-hybridized carbons (Fsp3) is 0.375. The van der Waals surface area contributed by atoms with Crippen LogP contribution < -0.4 is 5.32 Å². The van der Waals surface area contributed by atoms with E-state index in [0.29, 0.717) is 5.69 Å². The summed E-state index contributed by atoms with van der Waals surface area (Å²) in [7, 11) is 0. The molecule has 0 bridgehead atoms. The van der Waals surface area contributed by atoms with Gasteiger partial charge in [-0.15, -0.1) is 0 Å². The molecule has 1 atom stereocenters. The number of carbonyl (C=O) groups excluding carboxylic acids is 1. The van der Waals surface area contributed by atoms with E-state index < -0.39 is 30.1 Å². The van der Waals surface area contributed by atoms with Crippen LogP contribution in [0.5, 0.6) is 0 Å². The lowest BCUT2D eigenvalue weighted by molar-refractivity contribution is -0.159. The molecule has 0 aliphatic carbocycles. The third kappa shape index (κ3) is 4.57. The SMILES string of the molecule is O=C(C[C@H]1COCCN1C(=O)O)Nc1ccc(-c2noc(C(F)(F)F)n2)cc1. The summed E-state index contributed by atoms with van der Waals surface area (Å²) in [6.45, 7) is 0.586. The van der Waals surface area contributed by atoms with Gasteiger partial charge in [0.1, 0.15) is 0 Å². The summed E-state index contributed by atoms with van der Waals surface area (Å²) in [4.78, 5) is 27.8. The highest BCUT2D eigenvalue weighted by atomic mass is 19.4. The molecule has 9 nitrogen and oxygen atoms in total. The average Bonchev–Trinajstić information content (AvgIpc) is 3.13. The number of alkyl halides is 3. The zero-order valence-corrected chi connectivity index (χ0v) is 14.3. The molecule has 2 amide bonds. The van der Waals surface area contributed by atoms with Crippen LogP contribution in [-0.4, -0.2) is 57.9 Å². The molecule has 0 saturated carbocycles. The number of rotatable bonds is 4. The summed E-state index contributed by atoms with van der Waals surface area (Å²) in [5.41, 5.74) is 0.655. The van der Waals surface area contributed by atoms with Crippen molar-refractivity contribution in [1.82, 2.24) is 15.0 Å². The van der Waals surface area contributed by atoms with Gasteiger partial charge in [0.05, 0.1) is 19.3 Å². The molecule has 0 unspecified atom stereocenters. The normalized spacial score (nSPS) is 17.4. The molecule has 2 heterocycles. The Bertz CT molecular complexity index is 853. The molecule has 1 saturated heterocycles. The number of morpholine rings is 1. The van der Waals surface area contributed by atoms with Crippen LogP contribution in [-0.2, 0) is 15.7 Å². The van der Waals surface area contributed by atoms with E-state index in [4.69, 9.17) is 9.84 Å². The predicted octanol–water partition coefficient (Wildman–Crippen LogP) is 2.46. The minimum absolute atomic E-state index is 0.0894. The smallest absolute Gasteiger partial charge is 0.465 e. The van der Waals surface area contributed by atoms with Gasteiger partial charge < -0.3 is 24.6 Å². The van der Waals surface area contributed by atoms with Crippen molar-refractivity contribution < 1.29 is 37.1 Å². The van der Waals surface area contributed by atoms with Crippen molar-refractivity contribution in [1.29, 1.82) is 0 Å². The first-order chi connectivity index (χ1) is 13.2. The number of hydrogen-bond donors (Lipinski definition) is 2. The van der Waals surface area contributed by atoms with Gasteiger partial charge >= 0.3 is 18.2 Å². The van der Waals surface area contributed by atoms with Gasteiger partial charge in [-0.3, -0.25) is 4.79 Å². The van der Waals surface area contributed by atoms with E-state index in [1.54, 1.807) is 0 Å². The summed E-state index contributed by atoms with van der Waals surface area (Å²) < 4.78 is 46.9. The Kier molecular flexibility index (Phi) is 5.49. The van der Waals surface area contributed by atoms with Gasteiger partial charge in [-0.05, 0) is 24.3 Å². The second-order valence-electron chi connectivity index (χ2n) is 5.96. The van der Waals surface area contributed by atoms with Gasteiger partial charge in [0, 0.05) is 24.2 Å². The summed E-state index contributed by atoms with van der Waals surface area (Å²) in [6.07, 6.45) is -5.94. The monoisotopic (exact) mass is 400 g/mol. The zero-order valence-electron chi connectivity index (χ0n) is 14.3. The van der Waals surface area contributed by atoms with Gasteiger partial charge in [-0.2, -0.15) is 18.2 Å². The Hall–Kier alpha value is -3.15. The molecule has 1 fully saturated rings. The highest BCUT2D eigenvalue weighted by Crippen LogP contribution is 2.29. The van der Waals surface area contributed by atoms with Crippen LogP contribution in [0.1, 0.15) is 12.3 Å². The van der Waals surface area contributed by atoms with Crippen LogP contribution in [0.2, 0.25) is 0 Å². The molecule has 28 heavy (non-hydrogen) atoms. The lowest BCUT2D eigenvalue weighted by Gasteiger charge is -2.32. The Morgan fingerprint density at radius 2 is 2.00 bits per heavy atom. The third-order valence-corrected chi connectivity index (χ3v) is 3.99. The molecule has 1 aliphatic rings. The Morgan fingerprint density at radius 1 is 1.29 bits per heavy atom. The van der Waals surface area contributed by atoms with Crippen molar-refractivity contribution in [2.45, 2.75) is 18.6 Å². The molecule has 2 aromatic rings. The van der Waals surface area contributed by atoms with Gasteiger partial charge in [0.15, 0.2) is 0 Å². The quantitative estimate of drug-likeness (QED) is 0.809. The number of anilines is 1. The molecule has 12 heteroatoms. The standard InChI is InChI=1S/C16H15F3N4O5/c17-16(18,19)14-21-13(22-28-14)9-1-3-10(4-2-9)20-12(24)7-11-8-27-6-5-23(11)15(25)26/h1-4,11H,5-8H2,(H,20,24)(H,25,26)/t11-/m0/s1. The van der Waals surface area contributed by atoms with Crippen LogP contribution in [0.3, 0.4) is 0 Å². The molecular formula is C16H15F3N4O5. The number of amides is 2. The summed E-state index contributed by atoms with van der Waals surface area (Å²) >= 11 is 0. The number of hydrogen-bond acceptors (Lipinski definition) is 6. The average molecular weight is 400 g/mol. The molecule has 1 aliphatic heterocycles. The van der Waals surface area contributed by atoms with Crippen molar-refractivity contribution in [3.63, 3.8) is 0 Å². The number of halogens is 3. The minimum Gasteiger partial charge on any atom is -0.465 e. The maximum absolute atomic E-state index is 12.5. The maximum Gasteiger partial charge on any atom is 0.471 e. The molecule has 1 aromatic heterocycles. The van der Waals surface area contributed by atoms with Crippen molar-refractivity contribution in [3.05, 3.63) is 30.2 Å². The van der Waals surface area contributed by atoms with Crippen LogP contribution in [0, 0.1) is 0 Å². The Balaban J connectivity index is 1.61. The fourth-order valence-corrected chi connectivity index (χ4v) is 2.66. The Labute approximate surface area is 156 Å². The lowest BCUT2D eigenvalue weighted by Crippen LogP contribution is -2.49. The van der Waals surface area contributed by atoms with Crippen LogP contribution in [0.15, 0.2) is 28.8 Å². The van der Waals surface area contributed by atoms with Gasteiger partial charge in [0.2, 0.25) is 11.7 Å². The minimum atomic E-state index is -4.73. The van der Waals surface area contributed by atoms with E-state index >= 15 is 0 Å². The van der Waals surface area contributed by atoms with E-state index in [0.717, 1.165) is 4.90 Å². The fourth-order valence-electron chi connectivity index (χ4n) is 2.66. The van der Waals surface area contributed by atoms with Gasteiger partial charge in [-0.1, -0.05) is 5.16 Å². The van der Waals surface area contributed by atoms with Crippen molar-refractivity contribution in [2.24, 2.45) is 0 Å². The summed E-state index contributed by atoms with van der Waals surface area (Å²) in [5.74, 6) is -2.10. The number of nitrogens with one attached hydrogen (secondary N) is 1. The van der Waals surface area contributed by atoms with Crippen LogP contribution in [0.25, 0.3) is 11.4 Å². The zero-order chi connectivity index (χ0) is 20.3. The number of ether oxygens (including phenoxy) is 1. The van der Waals surface area contributed by atoms with E-state index in [9.17, 15) is 22.8 Å². The highest BCUT2D eigenvalue weighted by molar-refractivity contribution is 5.91. The second-order valence-corrected chi connectivity index (χ2v) is 5.96. The highest BCUT2D eigenvalue weighted by Gasteiger charge is 2.38. The maximum atomic E-state index is 12.5. The molecule has 150 valence electrons. The van der Waals surface area contributed by atoms with Gasteiger partial charge in [-0.25, -0.2) is 4.79 Å². The van der Waals surface area contributed by atoms with E-state index in [1.807, 2.05) is 0 Å². The number of carbonyl (C=O) groups is 2. The van der Waals surface area contributed by atoms with Crippen LogP contribution >= 0.6 is 0 Å². The largest absolute Gasteiger partial charge is 0.471 e. The first kappa shape index (κ1) is 19.6. The number of carboxylic acid groups (broad SMARTS) is 1. The molecule has 2 N–H and O–H groups in total. The molecule has 3 rings (SSSR count). The van der Waals surface area contributed by atoms with E-state index in [2.05, 4.69) is 20.0 Å². The lowest BCUT2D eigenvalue weighted by atomic mass is 10.1. The van der Waals surface area contributed by atoms with Crippen molar-refractivity contribution in [2.75, 3.05) is 25.1 Å². The predicted molar refractivity (Wildman–Crippen MR) is 87.3 cm³/mol. The number of aromatic nitrogens is 2. The van der Waals surface area contributed by atoms with Crippen molar-refractivity contribution >= 4 is 17.7 Å². The first-order valence-electron chi connectivity index (χ1n) is 8.12. The summed E-state index contributed by atoms with van der Waals surface area (Å²) in [6, 6.07) is 5.18. The first-order valence-corrected chi connectivity index (χ1v) is 8.12. The number of nitrogens with zero attached hydrogens (tertiary/aromatic N) is 3. The topological polar surface area (TPSA) is 118 Å². The molecule has 0 radical (unpaired) electrons. The van der Waals surface area contributed by atoms with E-state index in [1.165, 1.54) is 24.3 Å².